The molecule has 2 unspecified atom stereocenters. The van der Waals surface area contributed by atoms with Crippen LogP contribution in [0.3, 0.4) is 0 Å². The molecule has 5 heteroatoms. The minimum atomic E-state index is -0.190. The quantitative estimate of drug-likeness (QED) is 0.546. The van der Waals surface area contributed by atoms with Gasteiger partial charge in [-0.05, 0) is 49.3 Å². The molecular weight excluding hydrogens is 348 g/mol. The minimum Gasteiger partial charge on any atom is -0.491 e. The molecule has 1 saturated carbocycles. The molecule has 1 aliphatic carbocycles. The Morgan fingerprint density at radius 1 is 1.38 bits per heavy atom. The molecule has 2 atom stereocenters. The van der Waals surface area contributed by atoms with Crippen LogP contribution in [0.15, 0.2) is 35.9 Å². The van der Waals surface area contributed by atoms with Crippen LogP contribution in [-0.2, 0) is 20.9 Å². The zero-order valence-electron chi connectivity index (χ0n) is 15.8. The summed E-state index contributed by atoms with van der Waals surface area (Å²) in [7, 11) is 0. The molecule has 0 amide bonds. The molecule has 26 heavy (non-hydrogen) atoms. The van der Waals surface area contributed by atoms with Crippen LogP contribution in [0.2, 0.25) is 0 Å². The van der Waals surface area contributed by atoms with Crippen molar-refractivity contribution in [1.29, 1.82) is 0 Å². The average Bonchev–Trinajstić information content (AvgIpc) is 2.87. The Morgan fingerprint density at radius 3 is 2.81 bits per heavy atom. The summed E-state index contributed by atoms with van der Waals surface area (Å²) < 4.78 is 11.2. The zero-order valence-corrected chi connectivity index (χ0v) is 16.6. The van der Waals surface area contributed by atoms with E-state index >= 15 is 0 Å². The predicted octanol–water partition coefficient (Wildman–Crippen LogP) is 4.38. The second-order valence-electron chi connectivity index (χ2n) is 7.82. The lowest BCUT2D eigenvalue weighted by atomic mass is 10.1. The van der Waals surface area contributed by atoms with Gasteiger partial charge in [0.15, 0.2) is 0 Å². The lowest BCUT2D eigenvalue weighted by molar-refractivity contribution is -0.147. The lowest BCUT2D eigenvalue weighted by Gasteiger charge is -2.11. The fraction of sp³-hybridized carbons (Fsp3) is 0.524. The second-order valence-corrected chi connectivity index (χ2v) is 8.89. The summed E-state index contributed by atoms with van der Waals surface area (Å²) in [6.07, 6.45) is 2.91. The summed E-state index contributed by atoms with van der Waals surface area (Å²) in [5.41, 5.74) is 1.62. The van der Waals surface area contributed by atoms with Crippen molar-refractivity contribution in [2.45, 2.75) is 46.8 Å². The van der Waals surface area contributed by atoms with E-state index in [0.29, 0.717) is 0 Å². The molecule has 1 aromatic carbocycles. The highest BCUT2D eigenvalue weighted by atomic mass is 32.2. The second kappa shape index (κ2) is 7.47. The third-order valence-electron chi connectivity index (χ3n) is 5.06. The van der Waals surface area contributed by atoms with Crippen LogP contribution in [0.1, 0.15) is 39.7 Å². The van der Waals surface area contributed by atoms with Crippen molar-refractivity contribution in [3.8, 4) is 5.75 Å². The highest BCUT2D eigenvalue weighted by Crippen LogP contribution is 2.60. The number of hydrogen-bond donors (Lipinski definition) is 0. The standard InChI is InChI=1S/C21H26O4S/c1-13(2)25-16-7-5-6-14(10-16)12-24-19(22)18-17(21(18,3)4)11-15-8-9-26-20(15)23/h5-7,10-11,13,17-18H,8-9,12H2,1-4H3/b15-11+. The van der Waals surface area contributed by atoms with E-state index < -0.39 is 0 Å². The number of esters is 1. The number of benzene rings is 1. The van der Waals surface area contributed by atoms with Gasteiger partial charge < -0.3 is 9.47 Å². The summed E-state index contributed by atoms with van der Waals surface area (Å²) in [4.78, 5) is 24.4. The summed E-state index contributed by atoms with van der Waals surface area (Å²) in [5.74, 6) is 1.35. The Balaban J connectivity index is 1.59. The number of rotatable bonds is 6. The van der Waals surface area contributed by atoms with E-state index in [0.717, 1.165) is 29.1 Å². The highest BCUT2D eigenvalue weighted by Gasteiger charge is 2.61. The number of carbonyl (C=O) groups excluding carboxylic acids is 2. The predicted molar refractivity (Wildman–Crippen MR) is 103 cm³/mol. The Labute approximate surface area is 159 Å². The van der Waals surface area contributed by atoms with Crippen molar-refractivity contribution in [3.63, 3.8) is 0 Å². The number of hydrogen-bond acceptors (Lipinski definition) is 5. The SMILES string of the molecule is CC(C)Oc1cccc(COC(=O)C2C(/C=C3\CCSC3=O)C2(C)C)c1. The third kappa shape index (κ3) is 4.14. The smallest absolute Gasteiger partial charge is 0.310 e. The topological polar surface area (TPSA) is 52.6 Å². The minimum absolute atomic E-state index is 0.0864. The van der Waals surface area contributed by atoms with Gasteiger partial charge in [-0.3, -0.25) is 9.59 Å². The van der Waals surface area contributed by atoms with E-state index in [1.54, 1.807) is 0 Å². The van der Waals surface area contributed by atoms with Gasteiger partial charge in [-0.2, -0.15) is 0 Å². The van der Waals surface area contributed by atoms with Gasteiger partial charge in [0.25, 0.3) is 0 Å². The van der Waals surface area contributed by atoms with Gasteiger partial charge in [0, 0.05) is 11.3 Å². The first kappa shape index (κ1) is 19.0. The summed E-state index contributed by atoms with van der Waals surface area (Å²) in [5, 5.41) is 0.154. The van der Waals surface area contributed by atoms with Crippen LogP contribution < -0.4 is 4.74 Å². The molecular formula is C21H26O4S. The molecule has 0 aromatic heterocycles. The van der Waals surface area contributed by atoms with Gasteiger partial charge in [0.1, 0.15) is 12.4 Å². The zero-order chi connectivity index (χ0) is 18.9. The first-order valence-electron chi connectivity index (χ1n) is 9.09. The highest BCUT2D eigenvalue weighted by molar-refractivity contribution is 8.14. The molecule has 1 aromatic rings. The first-order chi connectivity index (χ1) is 12.3. The molecule has 0 bridgehead atoms. The molecule has 2 aliphatic rings. The first-order valence-corrected chi connectivity index (χ1v) is 10.1. The molecule has 1 saturated heterocycles. The van der Waals surface area contributed by atoms with E-state index in [4.69, 9.17) is 9.47 Å². The van der Waals surface area contributed by atoms with Crippen LogP contribution in [0.25, 0.3) is 0 Å². The van der Waals surface area contributed by atoms with Crippen LogP contribution in [0.4, 0.5) is 0 Å². The third-order valence-corrected chi connectivity index (χ3v) is 6.00. The fourth-order valence-corrected chi connectivity index (χ4v) is 4.34. The molecule has 3 rings (SSSR count). The van der Waals surface area contributed by atoms with E-state index in [1.165, 1.54) is 11.8 Å². The van der Waals surface area contributed by atoms with Gasteiger partial charge >= 0.3 is 5.97 Å². The summed E-state index contributed by atoms with van der Waals surface area (Å²) >= 11 is 1.36. The maximum absolute atomic E-state index is 12.5. The number of ether oxygens (including phenoxy) is 2. The summed E-state index contributed by atoms with van der Waals surface area (Å²) in [6.45, 7) is 8.31. The largest absolute Gasteiger partial charge is 0.491 e. The maximum Gasteiger partial charge on any atom is 0.310 e. The van der Waals surface area contributed by atoms with Crippen LogP contribution in [0.5, 0.6) is 5.75 Å². The molecule has 2 fully saturated rings. The molecule has 4 nitrogen and oxygen atoms in total. The molecule has 1 aliphatic heterocycles. The van der Waals surface area contributed by atoms with Crippen molar-refractivity contribution in [1.82, 2.24) is 0 Å². The molecule has 1 heterocycles. The number of thioether (sulfide) groups is 1. The van der Waals surface area contributed by atoms with Crippen molar-refractivity contribution in [3.05, 3.63) is 41.5 Å². The Hall–Kier alpha value is -1.75. The molecule has 0 radical (unpaired) electrons. The van der Waals surface area contributed by atoms with Crippen molar-refractivity contribution in [2.75, 3.05) is 5.75 Å². The van der Waals surface area contributed by atoms with Crippen molar-refractivity contribution in [2.24, 2.45) is 17.3 Å². The van der Waals surface area contributed by atoms with Crippen molar-refractivity contribution < 1.29 is 19.1 Å². The fourth-order valence-electron chi connectivity index (χ4n) is 3.48. The summed E-state index contributed by atoms with van der Waals surface area (Å²) in [6, 6.07) is 7.62. The Kier molecular flexibility index (Phi) is 5.47. The van der Waals surface area contributed by atoms with Crippen LogP contribution in [-0.4, -0.2) is 22.9 Å². The monoisotopic (exact) mass is 374 g/mol. The van der Waals surface area contributed by atoms with Crippen LogP contribution >= 0.6 is 11.8 Å². The Morgan fingerprint density at radius 2 is 2.15 bits per heavy atom. The normalized spacial score (nSPS) is 25.6. The maximum atomic E-state index is 12.5. The van der Waals surface area contributed by atoms with E-state index in [2.05, 4.69) is 13.8 Å². The van der Waals surface area contributed by atoms with Crippen molar-refractivity contribution >= 4 is 22.8 Å². The van der Waals surface area contributed by atoms with Crippen LogP contribution in [0, 0.1) is 17.3 Å². The number of carbonyl (C=O) groups is 2. The molecule has 0 spiro atoms. The van der Waals surface area contributed by atoms with E-state index in [-0.39, 0.29) is 41.0 Å². The van der Waals surface area contributed by atoms with E-state index in [1.807, 2.05) is 44.2 Å². The van der Waals surface area contributed by atoms with Gasteiger partial charge in [-0.15, -0.1) is 0 Å². The molecule has 140 valence electrons. The molecule has 0 N–H and O–H groups in total. The van der Waals surface area contributed by atoms with Gasteiger partial charge in [0.05, 0.1) is 12.0 Å². The van der Waals surface area contributed by atoms with Gasteiger partial charge in [0.2, 0.25) is 5.12 Å². The lowest BCUT2D eigenvalue weighted by Crippen LogP contribution is -2.11. The Bertz CT molecular complexity index is 735. The van der Waals surface area contributed by atoms with E-state index in [9.17, 15) is 9.59 Å². The average molecular weight is 375 g/mol. The van der Waals surface area contributed by atoms with Gasteiger partial charge in [-0.1, -0.05) is 43.8 Å². The number of allylic oxidation sites excluding steroid dienone is 1. The van der Waals surface area contributed by atoms with Gasteiger partial charge in [-0.25, -0.2) is 0 Å².